The fourth-order valence-electron chi connectivity index (χ4n) is 1.63. The van der Waals surface area contributed by atoms with Crippen LogP contribution in [0.2, 0.25) is 0 Å². The minimum atomic E-state index is 0.404. The number of pyridine rings is 2. The van der Waals surface area contributed by atoms with Crippen molar-refractivity contribution >= 4 is 0 Å². The molecular weight excluding hydrogens is 276 g/mol. The van der Waals surface area contributed by atoms with E-state index in [1.165, 1.54) is 0 Å². The van der Waals surface area contributed by atoms with Gasteiger partial charge in [0.1, 0.15) is 11.4 Å². The number of rotatable bonds is 2. The van der Waals surface area contributed by atoms with E-state index >= 15 is 0 Å². The molecule has 0 radical (unpaired) electrons. The lowest BCUT2D eigenvalue weighted by Gasteiger charge is -2.00. The van der Waals surface area contributed by atoms with E-state index in [1.807, 2.05) is 52.0 Å². The van der Waals surface area contributed by atoms with Crippen LogP contribution in [0.4, 0.5) is 0 Å². The summed E-state index contributed by atoms with van der Waals surface area (Å²) in [4.78, 5) is 8.48. The first-order valence-corrected chi connectivity index (χ1v) is 7.16. The van der Waals surface area contributed by atoms with Gasteiger partial charge in [-0.3, -0.25) is 9.97 Å². The fourth-order valence-corrected chi connectivity index (χ4v) is 1.63. The Morgan fingerprint density at radius 1 is 0.591 bits per heavy atom. The molecule has 0 fully saturated rings. The minimum absolute atomic E-state index is 0.404. The molecular formula is C16H18N6. The minimum Gasteiger partial charge on any atom is -0.252 e. The Balaban J connectivity index is 0.000000847. The Hall–Kier alpha value is -2.76. The van der Waals surface area contributed by atoms with E-state index in [0.29, 0.717) is 23.0 Å². The molecule has 0 aliphatic rings. The zero-order valence-corrected chi connectivity index (χ0v) is 13.1. The highest BCUT2D eigenvalue weighted by molar-refractivity contribution is 5.50. The van der Waals surface area contributed by atoms with E-state index in [0.717, 1.165) is 11.1 Å². The molecule has 0 aromatic carbocycles. The standard InChI is InChI=1S/C14H12N6.C2H6/c1-9-3-5-11(15-7-9)13-17-19-14(20-18-13)12-6-4-10(2)8-16-12;1-2/h3-8H,1-2H3;1-2H3. The number of hydrogen-bond acceptors (Lipinski definition) is 6. The highest BCUT2D eigenvalue weighted by Crippen LogP contribution is 2.13. The van der Waals surface area contributed by atoms with Gasteiger partial charge in [0.05, 0.1) is 0 Å². The monoisotopic (exact) mass is 294 g/mol. The lowest BCUT2D eigenvalue weighted by Crippen LogP contribution is -2.01. The second-order valence-electron chi connectivity index (χ2n) is 4.49. The van der Waals surface area contributed by atoms with Crippen molar-refractivity contribution in [1.29, 1.82) is 0 Å². The van der Waals surface area contributed by atoms with E-state index in [2.05, 4.69) is 30.4 Å². The average molecular weight is 294 g/mol. The van der Waals surface area contributed by atoms with Crippen LogP contribution in [0.25, 0.3) is 23.0 Å². The number of aryl methyl sites for hydroxylation is 2. The number of aromatic nitrogens is 6. The van der Waals surface area contributed by atoms with Gasteiger partial charge in [-0.1, -0.05) is 26.0 Å². The Morgan fingerprint density at radius 3 is 1.23 bits per heavy atom. The summed E-state index contributed by atoms with van der Waals surface area (Å²) in [5.74, 6) is 0.807. The zero-order chi connectivity index (χ0) is 15.9. The lowest BCUT2D eigenvalue weighted by molar-refractivity contribution is 0.864. The van der Waals surface area contributed by atoms with Crippen LogP contribution >= 0.6 is 0 Å². The molecule has 0 unspecified atom stereocenters. The summed E-state index contributed by atoms with van der Waals surface area (Å²) in [5, 5.41) is 16.2. The molecule has 0 aliphatic carbocycles. The fraction of sp³-hybridized carbons (Fsp3) is 0.250. The van der Waals surface area contributed by atoms with Gasteiger partial charge in [0.25, 0.3) is 0 Å². The van der Waals surface area contributed by atoms with Gasteiger partial charge in [-0.2, -0.15) is 0 Å². The van der Waals surface area contributed by atoms with E-state index in [9.17, 15) is 0 Å². The molecule has 0 aliphatic heterocycles. The van der Waals surface area contributed by atoms with E-state index in [-0.39, 0.29) is 0 Å². The first-order chi connectivity index (χ1) is 10.7. The highest BCUT2D eigenvalue weighted by Gasteiger charge is 2.08. The quantitative estimate of drug-likeness (QED) is 0.723. The third-order valence-corrected chi connectivity index (χ3v) is 2.76. The van der Waals surface area contributed by atoms with Crippen LogP contribution in [0.15, 0.2) is 36.7 Å². The molecule has 0 bridgehead atoms. The SMILES string of the molecule is CC.Cc1ccc(-c2nnc(-c3ccc(C)cn3)nn2)nc1. The van der Waals surface area contributed by atoms with Gasteiger partial charge in [-0.15, -0.1) is 20.4 Å². The van der Waals surface area contributed by atoms with Crippen molar-refractivity contribution in [2.24, 2.45) is 0 Å². The average Bonchev–Trinajstić information content (AvgIpc) is 2.58. The van der Waals surface area contributed by atoms with E-state index < -0.39 is 0 Å². The van der Waals surface area contributed by atoms with Crippen molar-refractivity contribution in [2.45, 2.75) is 27.7 Å². The molecule has 3 rings (SSSR count). The van der Waals surface area contributed by atoms with Crippen LogP contribution < -0.4 is 0 Å². The van der Waals surface area contributed by atoms with E-state index in [1.54, 1.807) is 12.4 Å². The first kappa shape index (κ1) is 15.6. The summed E-state index contributed by atoms with van der Waals surface area (Å²) in [5.41, 5.74) is 3.46. The second-order valence-corrected chi connectivity index (χ2v) is 4.49. The molecule has 0 saturated carbocycles. The topological polar surface area (TPSA) is 77.3 Å². The second kappa shape index (κ2) is 7.31. The van der Waals surface area contributed by atoms with Gasteiger partial charge in [0.15, 0.2) is 0 Å². The van der Waals surface area contributed by atoms with Crippen molar-refractivity contribution in [3.05, 3.63) is 47.8 Å². The third-order valence-electron chi connectivity index (χ3n) is 2.76. The van der Waals surface area contributed by atoms with Crippen molar-refractivity contribution in [3.8, 4) is 23.0 Å². The van der Waals surface area contributed by atoms with Gasteiger partial charge in [-0.25, -0.2) is 0 Å². The molecule has 0 N–H and O–H groups in total. The molecule has 22 heavy (non-hydrogen) atoms. The third kappa shape index (κ3) is 3.66. The van der Waals surface area contributed by atoms with Gasteiger partial charge >= 0.3 is 0 Å². The number of hydrogen-bond donors (Lipinski definition) is 0. The first-order valence-electron chi connectivity index (χ1n) is 7.16. The summed E-state index contributed by atoms with van der Waals surface area (Å²) in [6, 6.07) is 7.58. The summed E-state index contributed by atoms with van der Waals surface area (Å²) in [6.45, 7) is 7.95. The summed E-state index contributed by atoms with van der Waals surface area (Å²) >= 11 is 0. The van der Waals surface area contributed by atoms with E-state index in [4.69, 9.17) is 0 Å². The van der Waals surface area contributed by atoms with Crippen molar-refractivity contribution in [3.63, 3.8) is 0 Å². The van der Waals surface area contributed by atoms with Gasteiger partial charge < -0.3 is 0 Å². The van der Waals surface area contributed by atoms with Crippen LogP contribution in [-0.2, 0) is 0 Å². The molecule has 0 atom stereocenters. The van der Waals surface area contributed by atoms with Gasteiger partial charge in [-0.05, 0) is 37.1 Å². The molecule has 0 spiro atoms. The normalized spacial score (nSPS) is 9.82. The summed E-state index contributed by atoms with van der Waals surface area (Å²) in [7, 11) is 0. The maximum Gasteiger partial charge on any atom is 0.221 e. The number of nitrogens with zero attached hydrogens (tertiary/aromatic N) is 6. The van der Waals surface area contributed by atoms with Crippen LogP contribution in [-0.4, -0.2) is 30.4 Å². The lowest BCUT2D eigenvalue weighted by atomic mass is 10.2. The van der Waals surface area contributed by atoms with Crippen LogP contribution in [0.3, 0.4) is 0 Å². The zero-order valence-electron chi connectivity index (χ0n) is 13.1. The maximum atomic E-state index is 4.24. The molecule has 6 heteroatoms. The largest absolute Gasteiger partial charge is 0.252 e. The van der Waals surface area contributed by atoms with Gasteiger partial charge in [0.2, 0.25) is 11.6 Å². The van der Waals surface area contributed by atoms with Crippen LogP contribution in [0, 0.1) is 13.8 Å². The van der Waals surface area contributed by atoms with Gasteiger partial charge in [0, 0.05) is 12.4 Å². The molecule has 3 aromatic heterocycles. The molecule has 3 heterocycles. The maximum absolute atomic E-state index is 4.24. The predicted octanol–water partition coefficient (Wildman–Crippen LogP) is 3.03. The Kier molecular flexibility index (Phi) is 5.19. The van der Waals surface area contributed by atoms with Crippen molar-refractivity contribution < 1.29 is 0 Å². The predicted molar refractivity (Wildman–Crippen MR) is 84.9 cm³/mol. The summed E-state index contributed by atoms with van der Waals surface area (Å²) < 4.78 is 0. The summed E-state index contributed by atoms with van der Waals surface area (Å²) in [6.07, 6.45) is 3.52. The Bertz CT molecular complexity index is 641. The molecule has 0 saturated heterocycles. The highest BCUT2D eigenvalue weighted by atomic mass is 15.3. The van der Waals surface area contributed by atoms with Crippen LogP contribution in [0.1, 0.15) is 25.0 Å². The Morgan fingerprint density at radius 2 is 0.955 bits per heavy atom. The molecule has 112 valence electrons. The van der Waals surface area contributed by atoms with Crippen molar-refractivity contribution in [2.75, 3.05) is 0 Å². The Labute approximate surface area is 129 Å². The van der Waals surface area contributed by atoms with Crippen molar-refractivity contribution in [1.82, 2.24) is 30.4 Å². The molecule has 0 amide bonds. The molecule has 6 nitrogen and oxygen atoms in total. The van der Waals surface area contributed by atoms with Crippen LogP contribution in [0.5, 0.6) is 0 Å². The smallest absolute Gasteiger partial charge is 0.221 e. The molecule has 3 aromatic rings.